The SMILES string of the molecule is Cc1ccccc1[C@H]1CC[C@@H](CC(C)(C)C)O1. The van der Waals surface area contributed by atoms with Gasteiger partial charge < -0.3 is 4.74 Å². The monoisotopic (exact) mass is 232 g/mol. The molecule has 1 heterocycles. The van der Waals surface area contributed by atoms with Gasteiger partial charge in [0.15, 0.2) is 0 Å². The topological polar surface area (TPSA) is 9.23 Å². The van der Waals surface area contributed by atoms with Crippen molar-refractivity contribution in [3.8, 4) is 0 Å². The molecule has 1 aromatic carbocycles. The zero-order chi connectivity index (χ0) is 12.5. The third-order valence-corrected chi connectivity index (χ3v) is 3.48. The van der Waals surface area contributed by atoms with Crippen LogP contribution in [0.4, 0.5) is 0 Å². The normalized spacial score (nSPS) is 25.2. The summed E-state index contributed by atoms with van der Waals surface area (Å²) in [5.74, 6) is 0. The average Bonchev–Trinajstić information content (AvgIpc) is 2.64. The predicted molar refractivity (Wildman–Crippen MR) is 72.1 cm³/mol. The van der Waals surface area contributed by atoms with Crippen molar-refractivity contribution in [3.63, 3.8) is 0 Å². The molecule has 17 heavy (non-hydrogen) atoms. The van der Waals surface area contributed by atoms with Crippen LogP contribution >= 0.6 is 0 Å². The fourth-order valence-corrected chi connectivity index (χ4v) is 2.72. The molecule has 1 heteroatoms. The minimum atomic E-state index is 0.323. The zero-order valence-corrected chi connectivity index (χ0v) is 11.5. The molecule has 1 saturated heterocycles. The van der Waals surface area contributed by atoms with Gasteiger partial charge in [-0.1, -0.05) is 45.0 Å². The smallest absolute Gasteiger partial charge is 0.0832 e. The minimum absolute atomic E-state index is 0.323. The van der Waals surface area contributed by atoms with Crippen LogP contribution in [0.15, 0.2) is 24.3 Å². The molecule has 0 N–H and O–H groups in total. The van der Waals surface area contributed by atoms with Crippen LogP contribution in [-0.2, 0) is 4.74 Å². The summed E-state index contributed by atoms with van der Waals surface area (Å²) in [6.07, 6.45) is 4.31. The van der Waals surface area contributed by atoms with Crippen molar-refractivity contribution in [1.29, 1.82) is 0 Å². The first-order valence-corrected chi connectivity index (χ1v) is 6.67. The van der Waals surface area contributed by atoms with Gasteiger partial charge in [-0.15, -0.1) is 0 Å². The summed E-state index contributed by atoms with van der Waals surface area (Å²) in [4.78, 5) is 0. The maximum absolute atomic E-state index is 6.20. The Bertz CT molecular complexity index is 375. The van der Waals surface area contributed by atoms with E-state index in [0.29, 0.717) is 17.6 Å². The van der Waals surface area contributed by atoms with Gasteiger partial charge in [-0.2, -0.15) is 0 Å². The summed E-state index contributed by atoms with van der Waals surface area (Å²) >= 11 is 0. The molecular weight excluding hydrogens is 208 g/mol. The van der Waals surface area contributed by atoms with E-state index in [1.54, 1.807) is 0 Å². The summed E-state index contributed by atoms with van der Waals surface area (Å²) in [5, 5.41) is 0. The lowest BCUT2D eigenvalue weighted by Gasteiger charge is -2.23. The number of hydrogen-bond acceptors (Lipinski definition) is 1. The van der Waals surface area contributed by atoms with Gasteiger partial charge in [0.1, 0.15) is 0 Å². The maximum Gasteiger partial charge on any atom is 0.0832 e. The van der Waals surface area contributed by atoms with Gasteiger partial charge in [0.25, 0.3) is 0 Å². The summed E-state index contributed by atoms with van der Waals surface area (Å²) in [7, 11) is 0. The number of hydrogen-bond donors (Lipinski definition) is 0. The Morgan fingerprint density at radius 2 is 1.88 bits per heavy atom. The number of ether oxygens (including phenoxy) is 1. The fraction of sp³-hybridized carbons (Fsp3) is 0.625. The molecule has 1 aromatic rings. The van der Waals surface area contributed by atoms with Crippen LogP contribution in [0.1, 0.15) is 57.3 Å². The molecule has 0 spiro atoms. The molecule has 94 valence electrons. The molecule has 0 radical (unpaired) electrons. The Labute approximate surface area is 105 Å². The van der Waals surface area contributed by atoms with Gasteiger partial charge in [0.2, 0.25) is 0 Å². The molecule has 1 fully saturated rings. The standard InChI is InChI=1S/C16H24O/c1-12-7-5-6-8-14(12)15-10-9-13(17-15)11-16(2,3)4/h5-8,13,15H,9-11H2,1-4H3/t13-,15+/m0/s1. The van der Waals surface area contributed by atoms with E-state index in [1.165, 1.54) is 24.0 Å². The minimum Gasteiger partial charge on any atom is -0.370 e. The van der Waals surface area contributed by atoms with Crippen LogP contribution < -0.4 is 0 Å². The molecule has 0 aliphatic carbocycles. The fourth-order valence-electron chi connectivity index (χ4n) is 2.72. The average molecular weight is 232 g/mol. The van der Waals surface area contributed by atoms with E-state index in [-0.39, 0.29) is 0 Å². The van der Waals surface area contributed by atoms with E-state index in [2.05, 4.69) is 52.0 Å². The lowest BCUT2D eigenvalue weighted by molar-refractivity contribution is 0.0216. The number of rotatable bonds is 2. The summed E-state index contributed by atoms with van der Waals surface area (Å²) < 4.78 is 6.20. The highest BCUT2D eigenvalue weighted by atomic mass is 16.5. The van der Waals surface area contributed by atoms with E-state index in [9.17, 15) is 0 Å². The maximum atomic E-state index is 6.20. The number of aryl methyl sites for hydroxylation is 1. The van der Waals surface area contributed by atoms with E-state index in [4.69, 9.17) is 4.74 Å². The zero-order valence-electron chi connectivity index (χ0n) is 11.5. The Morgan fingerprint density at radius 1 is 1.18 bits per heavy atom. The molecule has 0 saturated carbocycles. The summed E-state index contributed by atoms with van der Waals surface area (Å²) in [5.41, 5.74) is 3.10. The Kier molecular flexibility index (Phi) is 3.58. The van der Waals surface area contributed by atoms with Crippen molar-refractivity contribution in [1.82, 2.24) is 0 Å². The first-order valence-electron chi connectivity index (χ1n) is 6.67. The van der Waals surface area contributed by atoms with Crippen LogP contribution in [0.3, 0.4) is 0 Å². The van der Waals surface area contributed by atoms with Gasteiger partial charge in [-0.25, -0.2) is 0 Å². The first kappa shape index (κ1) is 12.6. The molecular formula is C16H24O. The van der Waals surface area contributed by atoms with Crippen LogP contribution in [0.25, 0.3) is 0 Å². The summed E-state index contributed by atoms with van der Waals surface area (Å²) in [6.45, 7) is 9.04. The molecule has 0 aromatic heterocycles. The van der Waals surface area contributed by atoms with Gasteiger partial charge in [0.05, 0.1) is 12.2 Å². The van der Waals surface area contributed by atoms with E-state index in [0.717, 1.165) is 6.42 Å². The Balaban J connectivity index is 2.01. The van der Waals surface area contributed by atoms with Gasteiger partial charge in [-0.3, -0.25) is 0 Å². The van der Waals surface area contributed by atoms with Crippen molar-refractivity contribution < 1.29 is 4.74 Å². The van der Waals surface area contributed by atoms with E-state index >= 15 is 0 Å². The van der Waals surface area contributed by atoms with Gasteiger partial charge >= 0.3 is 0 Å². The molecule has 0 bridgehead atoms. The largest absolute Gasteiger partial charge is 0.370 e. The second kappa shape index (κ2) is 4.81. The molecule has 1 aliphatic heterocycles. The highest BCUT2D eigenvalue weighted by Crippen LogP contribution is 2.38. The Hall–Kier alpha value is -0.820. The molecule has 1 aliphatic rings. The van der Waals surface area contributed by atoms with Crippen LogP contribution in [0.2, 0.25) is 0 Å². The molecule has 2 rings (SSSR count). The number of benzene rings is 1. The third kappa shape index (κ3) is 3.32. The van der Waals surface area contributed by atoms with Crippen molar-refractivity contribution >= 4 is 0 Å². The molecule has 2 atom stereocenters. The summed E-state index contributed by atoms with van der Waals surface area (Å²) in [6, 6.07) is 8.60. The highest BCUT2D eigenvalue weighted by molar-refractivity contribution is 5.28. The van der Waals surface area contributed by atoms with E-state index in [1.807, 2.05) is 0 Å². The van der Waals surface area contributed by atoms with Gasteiger partial charge in [0, 0.05) is 0 Å². The molecule has 0 amide bonds. The van der Waals surface area contributed by atoms with E-state index < -0.39 is 0 Å². The van der Waals surface area contributed by atoms with Crippen molar-refractivity contribution in [2.45, 2.75) is 59.2 Å². The van der Waals surface area contributed by atoms with Crippen molar-refractivity contribution in [2.24, 2.45) is 5.41 Å². The third-order valence-electron chi connectivity index (χ3n) is 3.48. The second-order valence-corrected chi connectivity index (χ2v) is 6.45. The van der Waals surface area contributed by atoms with Crippen LogP contribution in [0, 0.1) is 12.3 Å². The predicted octanol–water partition coefficient (Wildman–Crippen LogP) is 4.65. The Morgan fingerprint density at radius 3 is 2.53 bits per heavy atom. The highest BCUT2D eigenvalue weighted by Gasteiger charge is 2.30. The van der Waals surface area contributed by atoms with Crippen molar-refractivity contribution in [2.75, 3.05) is 0 Å². The molecule has 0 unspecified atom stereocenters. The second-order valence-electron chi connectivity index (χ2n) is 6.45. The lowest BCUT2D eigenvalue weighted by atomic mass is 9.88. The van der Waals surface area contributed by atoms with Crippen LogP contribution in [0.5, 0.6) is 0 Å². The lowest BCUT2D eigenvalue weighted by Crippen LogP contribution is -2.17. The molecule has 1 nitrogen and oxygen atoms in total. The first-order chi connectivity index (χ1) is 7.96. The van der Waals surface area contributed by atoms with Crippen molar-refractivity contribution in [3.05, 3.63) is 35.4 Å². The quantitative estimate of drug-likeness (QED) is 0.721. The van der Waals surface area contributed by atoms with Gasteiger partial charge in [-0.05, 0) is 42.7 Å². The van der Waals surface area contributed by atoms with Crippen LogP contribution in [-0.4, -0.2) is 6.10 Å².